The first-order valence-electron chi connectivity index (χ1n) is 9.65. The quantitative estimate of drug-likeness (QED) is 0.292. The van der Waals surface area contributed by atoms with Gasteiger partial charge in [-0.1, -0.05) is 94.7 Å². The Balaban J connectivity index is 1.78. The molecule has 0 aromatic heterocycles. The van der Waals surface area contributed by atoms with Crippen LogP contribution in [0.5, 0.6) is 0 Å². The van der Waals surface area contributed by atoms with E-state index in [1.165, 1.54) is 69.8 Å². The summed E-state index contributed by atoms with van der Waals surface area (Å²) in [6.45, 7) is 3.56. The van der Waals surface area contributed by atoms with Gasteiger partial charge in [0.2, 0.25) is 0 Å². The van der Waals surface area contributed by atoms with Crippen molar-refractivity contribution in [3.8, 4) is 0 Å². The summed E-state index contributed by atoms with van der Waals surface area (Å²) in [4.78, 5) is 10.6. The van der Waals surface area contributed by atoms with Gasteiger partial charge >= 0.3 is 5.97 Å². The van der Waals surface area contributed by atoms with Crippen LogP contribution < -0.4 is 0 Å². The van der Waals surface area contributed by atoms with Gasteiger partial charge in [0.25, 0.3) is 0 Å². The first-order chi connectivity index (χ1) is 11.7. The molecule has 0 aliphatic heterocycles. The second kappa shape index (κ2) is 13.8. The van der Waals surface area contributed by atoms with Crippen LogP contribution in [0, 0.1) is 0 Å². The Hall–Kier alpha value is -1.57. The van der Waals surface area contributed by atoms with E-state index in [0.717, 1.165) is 12.8 Å². The predicted octanol–water partition coefficient (Wildman–Crippen LogP) is 6.55. The third-order valence-corrected chi connectivity index (χ3v) is 4.59. The molecule has 1 N–H and O–H groups in total. The lowest BCUT2D eigenvalue weighted by Crippen LogP contribution is -1.98. The van der Waals surface area contributed by atoms with Gasteiger partial charge in [0.1, 0.15) is 0 Å². The first-order valence-corrected chi connectivity index (χ1v) is 9.65. The number of carboxylic acids is 1. The minimum absolute atomic E-state index is 0.349. The summed E-state index contributed by atoms with van der Waals surface area (Å²) < 4.78 is 0. The predicted molar refractivity (Wildman–Crippen MR) is 102 cm³/mol. The minimum Gasteiger partial charge on any atom is -0.478 e. The fraction of sp³-hybridized carbons (Fsp3) is 0.591. The maximum atomic E-state index is 10.6. The molecule has 0 saturated carbocycles. The van der Waals surface area contributed by atoms with Crippen LogP contribution >= 0.6 is 0 Å². The summed E-state index contributed by atoms with van der Waals surface area (Å²) >= 11 is 0. The third-order valence-electron chi connectivity index (χ3n) is 4.59. The molecule has 24 heavy (non-hydrogen) atoms. The van der Waals surface area contributed by atoms with E-state index in [9.17, 15) is 4.79 Å². The van der Waals surface area contributed by atoms with Gasteiger partial charge in [-0.25, -0.2) is 4.79 Å². The Morgan fingerprint density at radius 1 is 0.750 bits per heavy atom. The number of carbonyl (C=O) groups is 1. The van der Waals surface area contributed by atoms with Gasteiger partial charge in [0, 0.05) is 5.57 Å². The smallest absolute Gasteiger partial charge is 0.330 e. The molecule has 2 heteroatoms. The highest BCUT2D eigenvalue weighted by molar-refractivity contribution is 5.85. The Kier molecular flexibility index (Phi) is 11.8. The number of rotatable bonds is 15. The van der Waals surface area contributed by atoms with Crippen molar-refractivity contribution in [2.45, 2.75) is 83.5 Å². The fourth-order valence-electron chi connectivity index (χ4n) is 3.01. The molecule has 0 saturated heterocycles. The minimum atomic E-state index is -0.848. The Morgan fingerprint density at radius 2 is 1.21 bits per heavy atom. The average molecular weight is 331 g/mol. The van der Waals surface area contributed by atoms with Crippen LogP contribution in [0.2, 0.25) is 0 Å². The standard InChI is InChI=1S/C22H34O2/c1-20(22(23)24)16-12-9-7-5-3-2-4-6-8-10-13-17-21-18-14-11-15-19-21/h11,14-15,18-19H,1-10,12-13,16-17H2,(H,23,24). The van der Waals surface area contributed by atoms with E-state index < -0.39 is 5.97 Å². The van der Waals surface area contributed by atoms with E-state index in [1.807, 2.05) is 0 Å². The van der Waals surface area contributed by atoms with Gasteiger partial charge in [-0.15, -0.1) is 0 Å². The van der Waals surface area contributed by atoms with Crippen LogP contribution in [0.4, 0.5) is 0 Å². The molecule has 0 aliphatic carbocycles. The van der Waals surface area contributed by atoms with Crippen molar-refractivity contribution in [1.82, 2.24) is 0 Å². The highest BCUT2D eigenvalue weighted by Crippen LogP contribution is 2.14. The van der Waals surface area contributed by atoms with Crippen LogP contribution in [0.15, 0.2) is 42.5 Å². The van der Waals surface area contributed by atoms with E-state index in [-0.39, 0.29) is 0 Å². The summed E-state index contributed by atoms with van der Waals surface area (Å²) in [6, 6.07) is 10.8. The van der Waals surface area contributed by atoms with Crippen molar-refractivity contribution in [2.75, 3.05) is 0 Å². The molecule has 0 spiro atoms. The van der Waals surface area contributed by atoms with Crippen molar-refractivity contribution < 1.29 is 9.90 Å². The maximum absolute atomic E-state index is 10.6. The molecule has 0 bridgehead atoms. The van der Waals surface area contributed by atoms with E-state index in [4.69, 9.17) is 5.11 Å². The lowest BCUT2D eigenvalue weighted by atomic mass is 10.0. The highest BCUT2D eigenvalue weighted by atomic mass is 16.4. The van der Waals surface area contributed by atoms with Crippen molar-refractivity contribution >= 4 is 5.97 Å². The summed E-state index contributed by atoms with van der Waals surface area (Å²) in [7, 11) is 0. The lowest BCUT2D eigenvalue weighted by Gasteiger charge is -2.04. The van der Waals surface area contributed by atoms with Gasteiger partial charge in [0.15, 0.2) is 0 Å². The molecule has 0 heterocycles. The number of unbranched alkanes of at least 4 members (excludes halogenated alkanes) is 10. The van der Waals surface area contributed by atoms with Gasteiger partial charge in [0.05, 0.1) is 0 Å². The molecule has 0 amide bonds. The molecular formula is C22H34O2. The molecule has 0 fully saturated rings. The zero-order chi connectivity index (χ0) is 17.5. The van der Waals surface area contributed by atoms with E-state index >= 15 is 0 Å². The summed E-state index contributed by atoms with van der Waals surface area (Å²) in [5, 5.41) is 8.72. The molecule has 0 aliphatic rings. The molecular weight excluding hydrogens is 296 g/mol. The van der Waals surface area contributed by atoms with Crippen LogP contribution in [-0.2, 0) is 11.2 Å². The highest BCUT2D eigenvalue weighted by Gasteiger charge is 2.02. The number of hydrogen-bond acceptors (Lipinski definition) is 1. The zero-order valence-corrected chi connectivity index (χ0v) is 15.1. The monoisotopic (exact) mass is 330 g/mol. The normalized spacial score (nSPS) is 10.7. The zero-order valence-electron chi connectivity index (χ0n) is 15.1. The molecule has 134 valence electrons. The van der Waals surface area contributed by atoms with Crippen LogP contribution in [0.1, 0.15) is 82.6 Å². The van der Waals surface area contributed by atoms with Gasteiger partial charge in [-0.05, 0) is 31.2 Å². The number of aliphatic carboxylic acids is 1. The van der Waals surface area contributed by atoms with Gasteiger partial charge < -0.3 is 5.11 Å². The average Bonchev–Trinajstić information content (AvgIpc) is 2.59. The molecule has 2 nitrogen and oxygen atoms in total. The maximum Gasteiger partial charge on any atom is 0.330 e. The fourth-order valence-corrected chi connectivity index (χ4v) is 3.01. The Morgan fingerprint density at radius 3 is 1.71 bits per heavy atom. The molecule has 1 aromatic carbocycles. The third kappa shape index (κ3) is 11.0. The SMILES string of the molecule is C=C(CCCCCCCCCCCCCc1ccccc1)C(=O)O. The van der Waals surface area contributed by atoms with Gasteiger partial charge in [-0.3, -0.25) is 0 Å². The first kappa shape index (κ1) is 20.5. The van der Waals surface area contributed by atoms with Gasteiger partial charge in [-0.2, -0.15) is 0 Å². The second-order valence-electron chi connectivity index (χ2n) is 6.78. The Bertz CT molecular complexity index is 450. The summed E-state index contributed by atoms with van der Waals surface area (Å²) in [5.74, 6) is -0.848. The number of aryl methyl sites for hydroxylation is 1. The molecule has 0 unspecified atom stereocenters. The second-order valence-corrected chi connectivity index (χ2v) is 6.78. The van der Waals surface area contributed by atoms with E-state index in [0.29, 0.717) is 12.0 Å². The summed E-state index contributed by atoms with van der Waals surface area (Å²) in [6.07, 6.45) is 15.9. The van der Waals surface area contributed by atoms with Crippen LogP contribution in [0.25, 0.3) is 0 Å². The van der Waals surface area contributed by atoms with Crippen molar-refractivity contribution in [2.24, 2.45) is 0 Å². The van der Waals surface area contributed by atoms with E-state index in [2.05, 4.69) is 36.9 Å². The number of hydrogen-bond donors (Lipinski definition) is 1. The Labute approximate surface area is 148 Å². The molecule has 0 atom stereocenters. The number of benzene rings is 1. The lowest BCUT2D eigenvalue weighted by molar-refractivity contribution is -0.132. The van der Waals surface area contributed by atoms with Crippen LogP contribution in [-0.4, -0.2) is 11.1 Å². The molecule has 1 rings (SSSR count). The van der Waals surface area contributed by atoms with Crippen LogP contribution in [0.3, 0.4) is 0 Å². The van der Waals surface area contributed by atoms with Crippen molar-refractivity contribution in [3.05, 3.63) is 48.0 Å². The van der Waals surface area contributed by atoms with Crippen molar-refractivity contribution in [3.63, 3.8) is 0 Å². The largest absolute Gasteiger partial charge is 0.478 e. The number of carboxylic acid groups (broad SMARTS) is 1. The van der Waals surface area contributed by atoms with Crippen molar-refractivity contribution in [1.29, 1.82) is 0 Å². The summed E-state index contributed by atoms with van der Waals surface area (Å²) in [5.41, 5.74) is 1.81. The molecule has 1 aromatic rings. The molecule has 0 radical (unpaired) electrons. The topological polar surface area (TPSA) is 37.3 Å². The van der Waals surface area contributed by atoms with E-state index in [1.54, 1.807) is 0 Å².